The van der Waals surface area contributed by atoms with Crippen LogP contribution in [0, 0.1) is 11.6 Å². The van der Waals surface area contributed by atoms with E-state index in [-0.39, 0.29) is 6.04 Å². The second-order valence-corrected chi connectivity index (χ2v) is 4.38. The number of hydrogen-bond donors (Lipinski definition) is 2. The summed E-state index contributed by atoms with van der Waals surface area (Å²) < 4.78 is 27.9. The lowest BCUT2D eigenvalue weighted by atomic mass is 10.0. The fourth-order valence-corrected chi connectivity index (χ4v) is 2.01. The summed E-state index contributed by atoms with van der Waals surface area (Å²) in [5.41, 5.74) is 4.31. The van der Waals surface area contributed by atoms with Crippen LogP contribution in [0.15, 0.2) is 30.5 Å². The van der Waals surface area contributed by atoms with E-state index in [1.807, 2.05) is 13.1 Å². The third-order valence-electron chi connectivity index (χ3n) is 3.16. The van der Waals surface area contributed by atoms with Crippen LogP contribution in [-0.4, -0.2) is 9.78 Å². The van der Waals surface area contributed by atoms with E-state index in [1.165, 1.54) is 12.1 Å². The highest BCUT2D eigenvalue weighted by atomic mass is 19.2. The van der Waals surface area contributed by atoms with Crippen LogP contribution in [-0.2, 0) is 13.5 Å². The van der Waals surface area contributed by atoms with Crippen LogP contribution in [0.1, 0.15) is 23.7 Å². The highest BCUT2D eigenvalue weighted by molar-refractivity contribution is 5.21. The van der Waals surface area contributed by atoms with Crippen molar-refractivity contribution >= 4 is 0 Å². The zero-order chi connectivity index (χ0) is 13.8. The molecule has 19 heavy (non-hydrogen) atoms. The fraction of sp³-hybridized carbons (Fsp3) is 0.308. The van der Waals surface area contributed by atoms with Crippen LogP contribution in [0.25, 0.3) is 0 Å². The van der Waals surface area contributed by atoms with Gasteiger partial charge in [-0.25, -0.2) is 8.78 Å². The molecule has 0 spiro atoms. The Bertz CT molecular complexity index is 553. The smallest absolute Gasteiger partial charge is 0.159 e. The number of aromatic nitrogens is 2. The van der Waals surface area contributed by atoms with E-state index in [2.05, 4.69) is 10.5 Å². The molecule has 1 heterocycles. The number of nitrogens with zero attached hydrogens (tertiary/aromatic N) is 2. The minimum atomic E-state index is -0.863. The minimum Gasteiger partial charge on any atom is -0.273 e. The first-order chi connectivity index (χ1) is 9.11. The zero-order valence-electron chi connectivity index (χ0n) is 10.6. The van der Waals surface area contributed by atoms with Gasteiger partial charge in [0.1, 0.15) is 0 Å². The van der Waals surface area contributed by atoms with E-state index in [9.17, 15) is 8.78 Å². The molecule has 0 saturated heterocycles. The lowest BCUT2D eigenvalue weighted by Crippen LogP contribution is -2.28. The first-order valence-corrected chi connectivity index (χ1v) is 5.99. The molecule has 1 aromatic carbocycles. The molecular weight excluding hydrogens is 250 g/mol. The molecule has 0 fully saturated rings. The average Bonchev–Trinajstić information content (AvgIpc) is 2.80. The first-order valence-electron chi connectivity index (χ1n) is 5.99. The van der Waals surface area contributed by atoms with Crippen LogP contribution < -0.4 is 11.3 Å². The minimum absolute atomic E-state index is 0.231. The molecule has 6 heteroatoms. The molecule has 102 valence electrons. The van der Waals surface area contributed by atoms with Gasteiger partial charge in [-0.3, -0.25) is 16.0 Å². The largest absolute Gasteiger partial charge is 0.273 e. The summed E-state index contributed by atoms with van der Waals surface area (Å²) in [6.07, 6.45) is 3.13. The Morgan fingerprint density at radius 3 is 2.68 bits per heavy atom. The summed E-state index contributed by atoms with van der Waals surface area (Å²) in [5, 5.41) is 4.07. The molecule has 3 N–H and O–H groups in total. The number of benzene rings is 1. The number of nitrogens with one attached hydrogen (secondary N) is 1. The maximum absolute atomic E-state index is 13.2. The van der Waals surface area contributed by atoms with Crippen LogP contribution >= 0.6 is 0 Å². The van der Waals surface area contributed by atoms with Crippen molar-refractivity contribution in [1.82, 2.24) is 15.2 Å². The molecule has 2 rings (SSSR count). The van der Waals surface area contributed by atoms with E-state index in [0.717, 1.165) is 18.2 Å². The third-order valence-corrected chi connectivity index (χ3v) is 3.16. The van der Waals surface area contributed by atoms with Crippen molar-refractivity contribution in [3.05, 3.63) is 53.4 Å². The van der Waals surface area contributed by atoms with Crippen LogP contribution in [0.4, 0.5) is 8.78 Å². The summed E-state index contributed by atoms with van der Waals surface area (Å²) in [6.45, 7) is 0. The van der Waals surface area contributed by atoms with Gasteiger partial charge in [0.25, 0.3) is 0 Å². The van der Waals surface area contributed by atoms with E-state index < -0.39 is 11.6 Å². The lowest BCUT2D eigenvalue weighted by Gasteiger charge is -2.16. The Morgan fingerprint density at radius 1 is 1.32 bits per heavy atom. The van der Waals surface area contributed by atoms with Gasteiger partial charge in [0.05, 0.1) is 0 Å². The topological polar surface area (TPSA) is 55.9 Å². The molecule has 1 unspecified atom stereocenters. The van der Waals surface area contributed by atoms with Crippen molar-refractivity contribution in [3.8, 4) is 0 Å². The maximum Gasteiger partial charge on any atom is 0.159 e. The molecule has 1 atom stereocenters. The molecule has 0 saturated carbocycles. The maximum atomic E-state index is 13.2. The summed E-state index contributed by atoms with van der Waals surface area (Å²) in [6, 6.07) is 5.50. The number of hydrazine groups is 1. The van der Waals surface area contributed by atoms with Crippen molar-refractivity contribution in [2.75, 3.05) is 0 Å². The third kappa shape index (κ3) is 3.15. The van der Waals surface area contributed by atoms with Crippen LogP contribution in [0.5, 0.6) is 0 Å². The lowest BCUT2D eigenvalue weighted by molar-refractivity contribution is 0.484. The fourth-order valence-electron chi connectivity index (χ4n) is 2.01. The van der Waals surface area contributed by atoms with E-state index >= 15 is 0 Å². The van der Waals surface area contributed by atoms with Gasteiger partial charge < -0.3 is 0 Å². The Balaban J connectivity index is 2.07. The van der Waals surface area contributed by atoms with Gasteiger partial charge in [0.15, 0.2) is 11.6 Å². The number of rotatable bonds is 5. The summed E-state index contributed by atoms with van der Waals surface area (Å²) in [5.74, 6) is 3.76. The molecular formula is C13H16F2N4. The predicted octanol–water partition coefficient (Wildman–Crippen LogP) is 1.84. The van der Waals surface area contributed by atoms with Crippen molar-refractivity contribution in [2.24, 2.45) is 12.9 Å². The van der Waals surface area contributed by atoms with Crippen LogP contribution in [0.2, 0.25) is 0 Å². The molecule has 4 nitrogen and oxygen atoms in total. The molecule has 0 bridgehead atoms. The summed E-state index contributed by atoms with van der Waals surface area (Å²) in [7, 11) is 1.86. The van der Waals surface area contributed by atoms with Gasteiger partial charge in [0, 0.05) is 25.0 Å². The molecule has 0 aliphatic rings. The second kappa shape index (κ2) is 5.90. The van der Waals surface area contributed by atoms with E-state index in [1.54, 1.807) is 10.9 Å². The number of hydrogen-bond acceptors (Lipinski definition) is 3. The monoisotopic (exact) mass is 266 g/mol. The van der Waals surface area contributed by atoms with Gasteiger partial charge in [-0.15, -0.1) is 0 Å². The molecule has 0 aliphatic heterocycles. The normalized spacial score (nSPS) is 12.6. The Kier molecular flexibility index (Phi) is 4.24. The average molecular weight is 266 g/mol. The van der Waals surface area contributed by atoms with Crippen LogP contribution in [0.3, 0.4) is 0 Å². The van der Waals surface area contributed by atoms with Gasteiger partial charge in [-0.05, 0) is 36.6 Å². The van der Waals surface area contributed by atoms with Crippen molar-refractivity contribution in [3.63, 3.8) is 0 Å². The zero-order valence-corrected chi connectivity index (χ0v) is 10.6. The van der Waals surface area contributed by atoms with E-state index in [0.29, 0.717) is 12.0 Å². The highest BCUT2D eigenvalue weighted by Crippen LogP contribution is 2.20. The van der Waals surface area contributed by atoms with E-state index in [4.69, 9.17) is 5.84 Å². The number of halogens is 2. The Hall–Kier alpha value is -1.79. The Morgan fingerprint density at radius 2 is 2.11 bits per heavy atom. The summed E-state index contributed by atoms with van der Waals surface area (Å²) >= 11 is 0. The quantitative estimate of drug-likeness (QED) is 0.641. The van der Waals surface area contributed by atoms with Gasteiger partial charge in [-0.2, -0.15) is 5.10 Å². The van der Waals surface area contributed by atoms with Crippen molar-refractivity contribution in [2.45, 2.75) is 18.9 Å². The van der Waals surface area contributed by atoms with Crippen molar-refractivity contribution in [1.29, 1.82) is 0 Å². The Labute approximate surface area is 110 Å². The predicted molar refractivity (Wildman–Crippen MR) is 68.0 cm³/mol. The second-order valence-electron chi connectivity index (χ2n) is 4.38. The number of nitrogens with two attached hydrogens (primary N) is 1. The van der Waals surface area contributed by atoms with Gasteiger partial charge in [-0.1, -0.05) is 6.07 Å². The first kappa shape index (κ1) is 13.6. The highest BCUT2D eigenvalue weighted by Gasteiger charge is 2.13. The van der Waals surface area contributed by atoms with Gasteiger partial charge in [0.2, 0.25) is 0 Å². The molecule has 0 radical (unpaired) electrons. The molecule has 0 aliphatic carbocycles. The van der Waals surface area contributed by atoms with Crippen molar-refractivity contribution < 1.29 is 8.78 Å². The summed E-state index contributed by atoms with van der Waals surface area (Å²) in [4.78, 5) is 0. The SMILES string of the molecule is Cn1nccc1CCC(NN)c1ccc(F)c(F)c1. The van der Waals surface area contributed by atoms with Gasteiger partial charge >= 0.3 is 0 Å². The molecule has 0 amide bonds. The molecule has 2 aromatic rings. The molecule has 1 aromatic heterocycles. The standard InChI is InChI=1S/C13H16F2N4/c1-19-10(6-7-17-19)3-5-13(18-16)9-2-4-11(14)12(15)8-9/h2,4,6-8,13,18H,3,5,16H2,1H3. The number of aryl methyl sites for hydroxylation is 2.